The summed E-state index contributed by atoms with van der Waals surface area (Å²) < 4.78 is 5.38. The van der Waals surface area contributed by atoms with Crippen molar-refractivity contribution < 1.29 is 4.74 Å². The topological polar surface area (TPSA) is 40.1 Å². The number of nitrogens with zero attached hydrogens (tertiary/aromatic N) is 3. The summed E-state index contributed by atoms with van der Waals surface area (Å²) in [4.78, 5) is 9.26. The van der Waals surface area contributed by atoms with Crippen LogP contribution in [0.4, 0.5) is 5.69 Å². The number of ether oxygens (including phenoxy) is 1. The standard InChI is InChI=1S/C18H28N4O.HI/c1-19-18(22-11-8-16-6-2-3-7-17(16)22)20-9-4-5-10-21-12-14-23-15-13-21;/h2-3,6-7H,4-5,8-15H2,1H3,(H,19,20);1H. The molecule has 1 aromatic carbocycles. The fourth-order valence-corrected chi connectivity index (χ4v) is 3.34. The first kappa shape index (κ1) is 19.5. The number of aliphatic imine (C=N–C) groups is 1. The van der Waals surface area contributed by atoms with Gasteiger partial charge in [-0.15, -0.1) is 24.0 Å². The van der Waals surface area contributed by atoms with Crippen molar-refractivity contribution in [2.24, 2.45) is 4.99 Å². The van der Waals surface area contributed by atoms with Crippen LogP contribution in [0.25, 0.3) is 0 Å². The van der Waals surface area contributed by atoms with Crippen molar-refractivity contribution in [3.8, 4) is 0 Å². The van der Waals surface area contributed by atoms with E-state index in [1.165, 1.54) is 30.6 Å². The van der Waals surface area contributed by atoms with Gasteiger partial charge in [0.1, 0.15) is 0 Å². The third-order valence-electron chi connectivity index (χ3n) is 4.64. The normalized spacial score (nSPS) is 18.2. The Labute approximate surface area is 162 Å². The van der Waals surface area contributed by atoms with Crippen LogP contribution in [0.15, 0.2) is 29.3 Å². The SMILES string of the molecule is CN=C(NCCCCN1CCOCC1)N1CCc2ccccc21.I. The van der Waals surface area contributed by atoms with Gasteiger partial charge in [0.05, 0.1) is 13.2 Å². The van der Waals surface area contributed by atoms with E-state index in [2.05, 4.69) is 44.4 Å². The number of para-hydroxylation sites is 1. The molecule has 2 aliphatic heterocycles. The van der Waals surface area contributed by atoms with Crippen molar-refractivity contribution in [2.75, 3.05) is 57.9 Å². The highest BCUT2D eigenvalue weighted by molar-refractivity contribution is 14.0. The molecule has 1 saturated heterocycles. The Balaban J connectivity index is 0.00000208. The van der Waals surface area contributed by atoms with E-state index in [-0.39, 0.29) is 24.0 Å². The summed E-state index contributed by atoms with van der Waals surface area (Å²) in [5.74, 6) is 1.00. The number of fused-ring (bicyclic) bond motifs is 1. The Morgan fingerprint density at radius 3 is 2.75 bits per heavy atom. The minimum absolute atomic E-state index is 0. The minimum Gasteiger partial charge on any atom is -0.379 e. The Kier molecular flexibility index (Phi) is 8.28. The van der Waals surface area contributed by atoms with Crippen molar-refractivity contribution in [3.05, 3.63) is 29.8 Å². The molecule has 134 valence electrons. The second-order valence-corrected chi connectivity index (χ2v) is 6.17. The maximum atomic E-state index is 5.38. The molecule has 0 atom stereocenters. The Morgan fingerprint density at radius 2 is 1.96 bits per heavy atom. The Hall–Kier alpha value is -0.860. The smallest absolute Gasteiger partial charge is 0.198 e. The third kappa shape index (κ3) is 5.07. The van der Waals surface area contributed by atoms with Crippen LogP contribution in [-0.4, -0.2) is 63.8 Å². The lowest BCUT2D eigenvalue weighted by atomic mass is 10.2. The quantitative estimate of drug-likeness (QED) is 0.328. The monoisotopic (exact) mass is 444 g/mol. The van der Waals surface area contributed by atoms with Gasteiger partial charge < -0.3 is 15.0 Å². The van der Waals surface area contributed by atoms with Gasteiger partial charge in [0.15, 0.2) is 5.96 Å². The summed E-state index contributed by atoms with van der Waals surface area (Å²) in [7, 11) is 1.87. The van der Waals surface area contributed by atoms with Crippen molar-refractivity contribution >= 4 is 35.6 Å². The van der Waals surface area contributed by atoms with Gasteiger partial charge >= 0.3 is 0 Å². The molecule has 2 aliphatic rings. The predicted molar refractivity (Wildman–Crippen MR) is 111 cm³/mol. The number of unbranched alkanes of at least 4 members (excludes halogenated alkanes) is 1. The van der Waals surface area contributed by atoms with E-state index in [1.54, 1.807) is 0 Å². The Bertz CT molecular complexity index is 532. The lowest BCUT2D eigenvalue weighted by Crippen LogP contribution is -2.41. The molecule has 6 heteroatoms. The van der Waals surface area contributed by atoms with Gasteiger partial charge in [-0.3, -0.25) is 9.89 Å². The molecule has 2 heterocycles. The summed E-state index contributed by atoms with van der Waals surface area (Å²) in [6.07, 6.45) is 3.50. The number of nitrogens with one attached hydrogen (secondary N) is 1. The first-order valence-corrected chi connectivity index (χ1v) is 8.74. The molecule has 1 fully saturated rings. The van der Waals surface area contributed by atoms with Crippen molar-refractivity contribution in [1.82, 2.24) is 10.2 Å². The molecular weight excluding hydrogens is 415 g/mol. The van der Waals surface area contributed by atoms with E-state index in [0.717, 1.165) is 51.8 Å². The number of anilines is 1. The molecule has 0 saturated carbocycles. The van der Waals surface area contributed by atoms with Gasteiger partial charge in [-0.05, 0) is 37.4 Å². The van der Waals surface area contributed by atoms with Gasteiger partial charge in [0, 0.05) is 38.9 Å². The van der Waals surface area contributed by atoms with Gasteiger partial charge in [-0.2, -0.15) is 0 Å². The zero-order valence-corrected chi connectivity index (χ0v) is 16.9. The van der Waals surface area contributed by atoms with Crippen molar-refractivity contribution in [3.63, 3.8) is 0 Å². The maximum absolute atomic E-state index is 5.38. The molecular formula is C18H29IN4O. The van der Waals surface area contributed by atoms with Gasteiger partial charge in [0.2, 0.25) is 0 Å². The maximum Gasteiger partial charge on any atom is 0.198 e. The molecule has 0 radical (unpaired) electrons. The van der Waals surface area contributed by atoms with Crippen LogP contribution in [0, 0.1) is 0 Å². The van der Waals surface area contributed by atoms with E-state index in [9.17, 15) is 0 Å². The summed E-state index contributed by atoms with van der Waals surface area (Å²) in [6.45, 7) is 7.12. The minimum atomic E-state index is 0. The van der Waals surface area contributed by atoms with Crippen LogP contribution in [-0.2, 0) is 11.2 Å². The lowest BCUT2D eigenvalue weighted by Gasteiger charge is -2.26. The fourth-order valence-electron chi connectivity index (χ4n) is 3.34. The van der Waals surface area contributed by atoms with Crippen molar-refractivity contribution in [1.29, 1.82) is 0 Å². The zero-order valence-electron chi connectivity index (χ0n) is 14.5. The predicted octanol–water partition coefficient (Wildman–Crippen LogP) is 2.35. The van der Waals surface area contributed by atoms with Crippen LogP contribution < -0.4 is 10.2 Å². The zero-order chi connectivity index (χ0) is 15.9. The molecule has 0 spiro atoms. The average Bonchev–Trinajstić information content (AvgIpc) is 3.03. The van der Waals surface area contributed by atoms with Gasteiger partial charge in [-0.25, -0.2) is 0 Å². The second kappa shape index (κ2) is 10.2. The third-order valence-corrected chi connectivity index (χ3v) is 4.64. The molecule has 5 nitrogen and oxygen atoms in total. The van der Waals surface area contributed by atoms with Crippen LogP contribution in [0.5, 0.6) is 0 Å². The molecule has 0 bridgehead atoms. The molecule has 0 unspecified atom stereocenters. The highest BCUT2D eigenvalue weighted by atomic mass is 127. The van der Waals surface area contributed by atoms with Gasteiger partial charge in [-0.1, -0.05) is 18.2 Å². The summed E-state index contributed by atoms with van der Waals surface area (Å²) in [6, 6.07) is 8.62. The second-order valence-electron chi connectivity index (χ2n) is 6.17. The number of benzene rings is 1. The first-order chi connectivity index (χ1) is 11.4. The van der Waals surface area contributed by atoms with E-state index < -0.39 is 0 Å². The van der Waals surface area contributed by atoms with E-state index in [0.29, 0.717) is 0 Å². The number of morpholine rings is 1. The number of guanidine groups is 1. The Morgan fingerprint density at radius 1 is 1.17 bits per heavy atom. The van der Waals surface area contributed by atoms with Crippen LogP contribution >= 0.6 is 24.0 Å². The lowest BCUT2D eigenvalue weighted by molar-refractivity contribution is 0.0372. The fraction of sp³-hybridized carbons (Fsp3) is 0.611. The number of halogens is 1. The number of rotatable bonds is 5. The first-order valence-electron chi connectivity index (χ1n) is 8.74. The van der Waals surface area contributed by atoms with E-state index in [1.807, 2.05) is 7.05 Å². The van der Waals surface area contributed by atoms with Crippen LogP contribution in [0.3, 0.4) is 0 Å². The van der Waals surface area contributed by atoms with E-state index in [4.69, 9.17) is 4.74 Å². The highest BCUT2D eigenvalue weighted by Gasteiger charge is 2.22. The largest absolute Gasteiger partial charge is 0.379 e. The van der Waals surface area contributed by atoms with Gasteiger partial charge in [0.25, 0.3) is 0 Å². The molecule has 0 aromatic heterocycles. The molecule has 1 aromatic rings. The number of hydrogen-bond donors (Lipinski definition) is 1. The highest BCUT2D eigenvalue weighted by Crippen LogP contribution is 2.27. The molecule has 24 heavy (non-hydrogen) atoms. The number of hydrogen-bond acceptors (Lipinski definition) is 3. The summed E-state index contributed by atoms with van der Waals surface area (Å²) in [5, 5.41) is 3.52. The van der Waals surface area contributed by atoms with Crippen molar-refractivity contribution in [2.45, 2.75) is 19.3 Å². The summed E-state index contributed by atoms with van der Waals surface area (Å²) >= 11 is 0. The van der Waals surface area contributed by atoms with Crippen LogP contribution in [0.1, 0.15) is 18.4 Å². The summed E-state index contributed by atoms with van der Waals surface area (Å²) in [5.41, 5.74) is 2.72. The van der Waals surface area contributed by atoms with E-state index >= 15 is 0 Å². The molecule has 0 amide bonds. The molecule has 1 N–H and O–H groups in total. The molecule has 3 rings (SSSR count). The average molecular weight is 444 g/mol. The molecule has 0 aliphatic carbocycles. The van der Waals surface area contributed by atoms with Crippen LogP contribution in [0.2, 0.25) is 0 Å².